The van der Waals surface area contributed by atoms with Gasteiger partial charge in [0.15, 0.2) is 0 Å². The highest BCUT2D eigenvalue weighted by molar-refractivity contribution is 5.19. The standard InChI is InChI=1S/C17H28N2/c1-3-19(16-11-7-8-12-16)13-14(2)17(18)15-9-5-4-6-10-15/h4-6,9-10,14,16-17H,3,7-8,11-13,18H2,1-2H3. The third-order valence-corrected chi connectivity index (χ3v) is 4.57. The van der Waals surface area contributed by atoms with E-state index in [2.05, 4.69) is 49.1 Å². The molecule has 1 aromatic carbocycles. The molecule has 1 saturated carbocycles. The van der Waals surface area contributed by atoms with Crippen molar-refractivity contribution in [2.75, 3.05) is 13.1 Å². The van der Waals surface area contributed by atoms with Crippen LogP contribution in [0.25, 0.3) is 0 Å². The Morgan fingerprint density at radius 3 is 2.42 bits per heavy atom. The van der Waals surface area contributed by atoms with Crippen molar-refractivity contribution in [1.82, 2.24) is 4.90 Å². The van der Waals surface area contributed by atoms with Gasteiger partial charge in [0.2, 0.25) is 0 Å². The molecule has 0 saturated heterocycles. The summed E-state index contributed by atoms with van der Waals surface area (Å²) < 4.78 is 0. The molecule has 2 nitrogen and oxygen atoms in total. The first-order valence-corrected chi connectivity index (χ1v) is 7.77. The number of rotatable bonds is 6. The molecule has 0 aromatic heterocycles. The zero-order chi connectivity index (χ0) is 13.7. The average molecular weight is 260 g/mol. The van der Waals surface area contributed by atoms with Crippen LogP contribution in [0, 0.1) is 5.92 Å². The van der Waals surface area contributed by atoms with Crippen LogP contribution in [-0.4, -0.2) is 24.0 Å². The number of nitrogens with two attached hydrogens (primary N) is 1. The first kappa shape index (κ1) is 14.5. The summed E-state index contributed by atoms with van der Waals surface area (Å²) in [6.07, 6.45) is 5.56. The molecule has 0 amide bonds. The Morgan fingerprint density at radius 1 is 1.21 bits per heavy atom. The van der Waals surface area contributed by atoms with Crippen LogP contribution < -0.4 is 5.73 Å². The third kappa shape index (κ3) is 3.80. The maximum atomic E-state index is 6.41. The lowest BCUT2D eigenvalue weighted by Crippen LogP contribution is -2.39. The Labute approximate surface area is 118 Å². The van der Waals surface area contributed by atoms with Crippen molar-refractivity contribution in [2.24, 2.45) is 11.7 Å². The highest BCUT2D eigenvalue weighted by Crippen LogP contribution is 2.26. The van der Waals surface area contributed by atoms with Gasteiger partial charge in [-0.25, -0.2) is 0 Å². The molecule has 106 valence electrons. The number of hydrogen-bond donors (Lipinski definition) is 1. The van der Waals surface area contributed by atoms with E-state index in [1.165, 1.54) is 31.2 Å². The van der Waals surface area contributed by atoms with Gasteiger partial charge in [0.25, 0.3) is 0 Å². The average Bonchev–Trinajstić information content (AvgIpc) is 2.98. The maximum absolute atomic E-state index is 6.41. The summed E-state index contributed by atoms with van der Waals surface area (Å²) >= 11 is 0. The van der Waals surface area contributed by atoms with Gasteiger partial charge in [-0.15, -0.1) is 0 Å². The molecule has 0 heterocycles. The SMILES string of the molecule is CCN(CC(C)C(N)c1ccccc1)C1CCCC1. The molecule has 2 heteroatoms. The molecule has 2 atom stereocenters. The summed E-state index contributed by atoms with van der Waals surface area (Å²) in [4.78, 5) is 2.64. The highest BCUT2D eigenvalue weighted by atomic mass is 15.2. The van der Waals surface area contributed by atoms with Crippen LogP contribution in [0.15, 0.2) is 30.3 Å². The van der Waals surface area contributed by atoms with E-state index in [0.717, 1.165) is 19.1 Å². The van der Waals surface area contributed by atoms with Crippen molar-refractivity contribution in [2.45, 2.75) is 51.6 Å². The zero-order valence-corrected chi connectivity index (χ0v) is 12.4. The van der Waals surface area contributed by atoms with Crippen LogP contribution in [0.4, 0.5) is 0 Å². The van der Waals surface area contributed by atoms with E-state index >= 15 is 0 Å². The van der Waals surface area contributed by atoms with Crippen LogP contribution in [0.5, 0.6) is 0 Å². The summed E-state index contributed by atoms with van der Waals surface area (Å²) in [6, 6.07) is 11.5. The van der Waals surface area contributed by atoms with E-state index in [-0.39, 0.29) is 6.04 Å². The fourth-order valence-corrected chi connectivity index (χ4v) is 3.29. The molecule has 2 N–H and O–H groups in total. The molecule has 0 bridgehead atoms. The van der Waals surface area contributed by atoms with Crippen LogP contribution in [0.1, 0.15) is 51.1 Å². The van der Waals surface area contributed by atoms with E-state index in [9.17, 15) is 0 Å². The van der Waals surface area contributed by atoms with Crippen LogP contribution in [0.3, 0.4) is 0 Å². The quantitative estimate of drug-likeness (QED) is 0.847. The lowest BCUT2D eigenvalue weighted by molar-refractivity contribution is 0.171. The molecule has 0 spiro atoms. The molecule has 19 heavy (non-hydrogen) atoms. The fraction of sp³-hybridized carbons (Fsp3) is 0.647. The molecule has 0 radical (unpaired) electrons. The summed E-state index contributed by atoms with van der Waals surface area (Å²) in [5.74, 6) is 0.503. The maximum Gasteiger partial charge on any atom is 0.0333 e. The van der Waals surface area contributed by atoms with E-state index in [4.69, 9.17) is 5.73 Å². The van der Waals surface area contributed by atoms with Gasteiger partial charge >= 0.3 is 0 Å². The Kier molecular flexibility index (Phi) is 5.41. The molecule has 2 unspecified atom stereocenters. The first-order valence-electron chi connectivity index (χ1n) is 7.77. The Morgan fingerprint density at radius 2 is 1.84 bits per heavy atom. The minimum atomic E-state index is 0.150. The topological polar surface area (TPSA) is 29.3 Å². The van der Waals surface area contributed by atoms with Crippen molar-refractivity contribution >= 4 is 0 Å². The number of nitrogens with zero attached hydrogens (tertiary/aromatic N) is 1. The second-order valence-corrected chi connectivity index (χ2v) is 5.94. The van der Waals surface area contributed by atoms with E-state index < -0.39 is 0 Å². The van der Waals surface area contributed by atoms with Crippen molar-refractivity contribution < 1.29 is 0 Å². The zero-order valence-electron chi connectivity index (χ0n) is 12.4. The molecular formula is C17H28N2. The Bertz CT molecular complexity index is 357. The second-order valence-electron chi connectivity index (χ2n) is 5.94. The summed E-state index contributed by atoms with van der Waals surface area (Å²) in [6.45, 7) is 6.84. The van der Waals surface area contributed by atoms with Gasteiger partial charge in [-0.1, -0.05) is 57.0 Å². The third-order valence-electron chi connectivity index (χ3n) is 4.57. The lowest BCUT2D eigenvalue weighted by Gasteiger charge is -2.32. The smallest absolute Gasteiger partial charge is 0.0333 e. The molecule has 1 aliphatic carbocycles. The van der Waals surface area contributed by atoms with Crippen LogP contribution >= 0.6 is 0 Å². The minimum absolute atomic E-state index is 0.150. The lowest BCUT2D eigenvalue weighted by atomic mass is 9.94. The summed E-state index contributed by atoms with van der Waals surface area (Å²) in [7, 11) is 0. The fourth-order valence-electron chi connectivity index (χ4n) is 3.29. The number of benzene rings is 1. The Hall–Kier alpha value is -0.860. The summed E-state index contributed by atoms with van der Waals surface area (Å²) in [5, 5.41) is 0. The van der Waals surface area contributed by atoms with Gasteiger partial charge in [0.1, 0.15) is 0 Å². The van der Waals surface area contributed by atoms with E-state index in [1.54, 1.807) is 0 Å². The molecule has 0 aliphatic heterocycles. The van der Waals surface area contributed by atoms with Gasteiger partial charge in [0, 0.05) is 18.6 Å². The van der Waals surface area contributed by atoms with Crippen molar-refractivity contribution in [1.29, 1.82) is 0 Å². The minimum Gasteiger partial charge on any atom is -0.324 e. The van der Waals surface area contributed by atoms with Crippen LogP contribution in [-0.2, 0) is 0 Å². The van der Waals surface area contributed by atoms with Gasteiger partial charge in [-0.2, -0.15) is 0 Å². The Balaban J connectivity index is 1.93. The van der Waals surface area contributed by atoms with Gasteiger partial charge in [-0.3, -0.25) is 0 Å². The molecule has 1 fully saturated rings. The molecule has 2 rings (SSSR count). The van der Waals surface area contributed by atoms with Gasteiger partial charge in [-0.05, 0) is 30.9 Å². The highest BCUT2D eigenvalue weighted by Gasteiger charge is 2.24. The molecule has 1 aliphatic rings. The predicted molar refractivity (Wildman–Crippen MR) is 82.0 cm³/mol. The van der Waals surface area contributed by atoms with Crippen molar-refractivity contribution in [3.63, 3.8) is 0 Å². The van der Waals surface area contributed by atoms with Crippen molar-refractivity contribution in [3.05, 3.63) is 35.9 Å². The van der Waals surface area contributed by atoms with Crippen LogP contribution in [0.2, 0.25) is 0 Å². The first-order chi connectivity index (χ1) is 9.22. The normalized spacial score (nSPS) is 19.8. The monoisotopic (exact) mass is 260 g/mol. The predicted octanol–water partition coefficient (Wildman–Crippen LogP) is 3.59. The molecular weight excluding hydrogens is 232 g/mol. The molecule has 1 aromatic rings. The summed E-state index contributed by atoms with van der Waals surface area (Å²) in [5.41, 5.74) is 7.68. The van der Waals surface area contributed by atoms with Crippen molar-refractivity contribution in [3.8, 4) is 0 Å². The second kappa shape index (κ2) is 7.06. The van der Waals surface area contributed by atoms with E-state index in [0.29, 0.717) is 5.92 Å². The van der Waals surface area contributed by atoms with E-state index in [1.807, 2.05) is 0 Å². The largest absolute Gasteiger partial charge is 0.324 e. The van der Waals surface area contributed by atoms with Gasteiger partial charge < -0.3 is 10.6 Å². The number of hydrogen-bond acceptors (Lipinski definition) is 2. The van der Waals surface area contributed by atoms with Gasteiger partial charge in [0.05, 0.1) is 0 Å².